The van der Waals surface area contributed by atoms with Gasteiger partial charge in [0.1, 0.15) is 0 Å². The molecule has 1 aromatic rings. The number of halogens is 2. The number of carboxylic acids is 1. The standard InChI is InChI=1S/C13H14F2O2/c14-13(15)7-1-2-11(8-13)9-3-5-10(6-4-9)12(16)17/h3-6,11H,1-2,7-8H2,(H,16,17). The van der Waals surface area contributed by atoms with E-state index in [0.717, 1.165) is 12.0 Å². The molecular formula is C13H14F2O2. The van der Waals surface area contributed by atoms with Crippen molar-refractivity contribution in [1.82, 2.24) is 0 Å². The van der Waals surface area contributed by atoms with E-state index < -0.39 is 11.9 Å². The highest BCUT2D eigenvalue weighted by atomic mass is 19.3. The van der Waals surface area contributed by atoms with Gasteiger partial charge in [-0.05, 0) is 36.5 Å². The van der Waals surface area contributed by atoms with E-state index in [1.807, 2.05) is 0 Å². The predicted molar refractivity (Wildman–Crippen MR) is 59.6 cm³/mol. The minimum Gasteiger partial charge on any atom is -0.478 e. The zero-order valence-corrected chi connectivity index (χ0v) is 9.33. The van der Waals surface area contributed by atoms with Crippen LogP contribution in [0.5, 0.6) is 0 Å². The number of aromatic carboxylic acids is 1. The van der Waals surface area contributed by atoms with Gasteiger partial charge in [-0.1, -0.05) is 12.1 Å². The zero-order chi connectivity index (χ0) is 12.5. The highest BCUT2D eigenvalue weighted by Crippen LogP contribution is 2.41. The molecule has 0 aromatic heterocycles. The molecule has 1 N–H and O–H groups in total. The molecule has 92 valence electrons. The lowest BCUT2D eigenvalue weighted by molar-refractivity contribution is -0.0408. The Morgan fingerprint density at radius 2 is 1.94 bits per heavy atom. The Bertz CT molecular complexity index is 412. The van der Waals surface area contributed by atoms with E-state index in [1.165, 1.54) is 12.1 Å². The fourth-order valence-corrected chi connectivity index (χ4v) is 2.35. The lowest BCUT2D eigenvalue weighted by Gasteiger charge is -2.29. The summed E-state index contributed by atoms with van der Waals surface area (Å²) in [5.41, 5.74) is 1.01. The first kappa shape index (κ1) is 12.0. The molecule has 2 rings (SSSR count). The lowest BCUT2D eigenvalue weighted by Crippen LogP contribution is -2.24. The van der Waals surface area contributed by atoms with E-state index in [4.69, 9.17) is 5.11 Å². The molecule has 1 aliphatic rings. The van der Waals surface area contributed by atoms with Gasteiger partial charge in [0.05, 0.1) is 5.56 Å². The minimum atomic E-state index is -2.58. The first-order valence-electron chi connectivity index (χ1n) is 5.69. The lowest BCUT2D eigenvalue weighted by atomic mass is 9.82. The maximum absolute atomic E-state index is 13.3. The van der Waals surface area contributed by atoms with Crippen molar-refractivity contribution in [2.45, 2.75) is 37.5 Å². The second-order valence-corrected chi connectivity index (χ2v) is 4.58. The molecule has 0 bridgehead atoms. The van der Waals surface area contributed by atoms with Crippen molar-refractivity contribution in [3.05, 3.63) is 35.4 Å². The van der Waals surface area contributed by atoms with Crippen molar-refractivity contribution in [2.24, 2.45) is 0 Å². The van der Waals surface area contributed by atoms with Gasteiger partial charge in [-0.3, -0.25) is 0 Å². The van der Waals surface area contributed by atoms with Crippen LogP contribution in [0.25, 0.3) is 0 Å². The van der Waals surface area contributed by atoms with Crippen molar-refractivity contribution in [3.8, 4) is 0 Å². The van der Waals surface area contributed by atoms with E-state index in [-0.39, 0.29) is 24.3 Å². The van der Waals surface area contributed by atoms with E-state index in [1.54, 1.807) is 12.1 Å². The molecule has 1 aliphatic carbocycles. The molecule has 1 atom stereocenters. The van der Waals surface area contributed by atoms with E-state index in [2.05, 4.69) is 0 Å². The monoisotopic (exact) mass is 240 g/mol. The Morgan fingerprint density at radius 3 is 2.47 bits per heavy atom. The van der Waals surface area contributed by atoms with Gasteiger partial charge < -0.3 is 5.11 Å². The predicted octanol–water partition coefficient (Wildman–Crippen LogP) is 3.68. The van der Waals surface area contributed by atoms with E-state index in [9.17, 15) is 13.6 Å². The molecule has 0 radical (unpaired) electrons. The van der Waals surface area contributed by atoms with Gasteiger partial charge >= 0.3 is 5.97 Å². The van der Waals surface area contributed by atoms with Crippen molar-refractivity contribution in [3.63, 3.8) is 0 Å². The highest BCUT2D eigenvalue weighted by molar-refractivity contribution is 5.87. The summed E-state index contributed by atoms with van der Waals surface area (Å²) in [5.74, 6) is -3.72. The second kappa shape index (κ2) is 4.43. The minimum absolute atomic E-state index is 0.0310. The number of alkyl halides is 2. The van der Waals surface area contributed by atoms with Crippen LogP contribution in [0.15, 0.2) is 24.3 Å². The van der Waals surface area contributed by atoms with Gasteiger partial charge in [0.15, 0.2) is 0 Å². The summed E-state index contributed by atoms with van der Waals surface area (Å²) in [6.07, 6.45) is 1.12. The smallest absolute Gasteiger partial charge is 0.335 e. The molecule has 0 spiro atoms. The number of carbonyl (C=O) groups is 1. The largest absolute Gasteiger partial charge is 0.478 e. The molecule has 0 saturated heterocycles. The first-order valence-corrected chi connectivity index (χ1v) is 5.69. The molecule has 0 heterocycles. The van der Waals surface area contributed by atoms with Crippen LogP contribution < -0.4 is 0 Å². The van der Waals surface area contributed by atoms with Crippen molar-refractivity contribution < 1.29 is 18.7 Å². The SMILES string of the molecule is O=C(O)c1ccc(C2CCCC(F)(F)C2)cc1. The van der Waals surface area contributed by atoms with E-state index >= 15 is 0 Å². The van der Waals surface area contributed by atoms with Gasteiger partial charge in [-0.25, -0.2) is 13.6 Å². The molecule has 1 saturated carbocycles. The van der Waals surface area contributed by atoms with Crippen LogP contribution in [-0.4, -0.2) is 17.0 Å². The Hall–Kier alpha value is -1.45. The molecule has 4 heteroatoms. The molecule has 2 nitrogen and oxygen atoms in total. The molecule has 1 fully saturated rings. The van der Waals surface area contributed by atoms with Gasteiger partial charge in [0.2, 0.25) is 5.92 Å². The average molecular weight is 240 g/mol. The maximum atomic E-state index is 13.3. The number of benzene rings is 1. The third-order valence-electron chi connectivity index (χ3n) is 3.27. The number of hydrogen-bond donors (Lipinski definition) is 1. The fourth-order valence-electron chi connectivity index (χ4n) is 2.35. The highest BCUT2D eigenvalue weighted by Gasteiger charge is 2.36. The molecular weight excluding hydrogens is 226 g/mol. The third kappa shape index (κ3) is 2.81. The number of hydrogen-bond acceptors (Lipinski definition) is 1. The molecule has 0 amide bonds. The van der Waals surface area contributed by atoms with Crippen LogP contribution >= 0.6 is 0 Å². The summed E-state index contributed by atoms with van der Waals surface area (Å²) in [6.45, 7) is 0. The van der Waals surface area contributed by atoms with E-state index in [0.29, 0.717) is 6.42 Å². The van der Waals surface area contributed by atoms with Gasteiger partial charge in [-0.2, -0.15) is 0 Å². The topological polar surface area (TPSA) is 37.3 Å². The number of carboxylic acid groups (broad SMARTS) is 1. The Labute approximate surface area is 98.3 Å². The van der Waals surface area contributed by atoms with Crippen LogP contribution in [0.1, 0.15) is 47.5 Å². The zero-order valence-electron chi connectivity index (χ0n) is 9.33. The quantitative estimate of drug-likeness (QED) is 0.856. The summed E-state index contributed by atoms with van der Waals surface area (Å²) < 4.78 is 26.5. The normalized spacial score (nSPS) is 23.3. The summed E-state index contributed by atoms with van der Waals surface area (Å²) in [7, 11) is 0. The molecule has 1 aromatic carbocycles. The van der Waals surface area contributed by atoms with Crippen LogP contribution in [0.3, 0.4) is 0 Å². The van der Waals surface area contributed by atoms with Crippen molar-refractivity contribution >= 4 is 5.97 Å². The van der Waals surface area contributed by atoms with Crippen molar-refractivity contribution in [2.75, 3.05) is 0 Å². The molecule has 1 unspecified atom stereocenters. The Kier molecular flexibility index (Phi) is 3.13. The summed E-state index contributed by atoms with van der Waals surface area (Å²) >= 11 is 0. The summed E-state index contributed by atoms with van der Waals surface area (Å²) in [6, 6.07) is 6.25. The van der Waals surface area contributed by atoms with Crippen molar-refractivity contribution in [1.29, 1.82) is 0 Å². The van der Waals surface area contributed by atoms with Gasteiger partial charge in [-0.15, -0.1) is 0 Å². The van der Waals surface area contributed by atoms with Crippen LogP contribution in [0.4, 0.5) is 8.78 Å². The number of rotatable bonds is 2. The van der Waals surface area contributed by atoms with Gasteiger partial charge in [0.25, 0.3) is 0 Å². The van der Waals surface area contributed by atoms with Crippen LogP contribution in [0.2, 0.25) is 0 Å². The third-order valence-corrected chi connectivity index (χ3v) is 3.27. The van der Waals surface area contributed by atoms with Crippen LogP contribution in [-0.2, 0) is 0 Å². The van der Waals surface area contributed by atoms with Gasteiger partial charge in [0, 0.05) is 12.8 Å². The summed E-state index contributed by atoms with van der Waals surface area (Å²) in [5, 5.41) is 8.75. The fraction of sp³-hybridized carbons (Fsp3) is 0.462. The molecule has 0 aliphatic heterocycles. The first-order chi connectivity index (χ1) is 7.98. The Balaban J connectivity index is 2.14. The maximum Gasteiger partial charge on any atom is 0.335 e. The van der Waals surface area contributed by atoms with Crippen LogP contribution in [0, 0.1) is 0 Å². The second-order valence-electron chi connectivity index (χ2n) is 4.58. The Morgan fingerprint density at radius 1 is 1.29 bits per heavy atom. The molecule has 17 heavy (non-hydrogen) atoms. The summed E-state index contributed by atoms with van der Waals surface area (Å²) in [4.78, 5) is 10.7. The average Bonchev–Trinajstić information content (AvgIpc) is 2.28.